The van der Waals surface area contributed by atoms with Crippen LogP contribution in [0, 0.1) is 58.2 Å². The van der Waals surface area contributed by atoms with Crippen molar-refractivity contribution in [3.05, 3.63) is 85.6 Å². The smallest absolute Gasteiger partial charge is 0.333 e. The van der Waals surface area contributed by atoms with E-state index in [4.69, 9.17) is 33.2 Å². The predicted molar refractivity (Wildman–Crippen MR) is 510 cm³/mol. The second kappa shape index (κ2) is 52.3. The Morgan fingerprint density at radius 2 is 0.540 bits per heavy atom. The average molecular weight is 1730 g/mol. The van der Waals surface area contributed by atoms with Crippen molar-refractivity contribution in [2.24, 2.45) is 58.2 Å². The summed E-state index contributed by atoms with van der Waals surface area (Å²) < 4.78 is 40.2. The van der Waals surface area contributed by atoms with Gasteiger partial charge in [-0.1, -0.05) is 247 Å². The maximum Gasteiger partial charge on any atom is 0.333 e. The van der Waals surface area contributed by atoms with Gasteiger partial charge in [0.25, 0.3) is 0 Å². The molecule has 11 saturated carbocycles. The zero-order valence-electron chi connectivity index (χ0n) is 82.8. The molecule has 11 rings (SSSR count). The van der Waals surface area contributed by atoms with E-state index in [-0.39, 0.29) is 86.4 Å². The van der Waals surface area contributed by atoms with Gasteiger partial charge in [0.05, 0.1) is 0 Å². The summed E-state index contributed by atoms with van der Waals surface area (Å²) in [4.78, 5) is 82.2. The maximum absolute atomic E-state index is 12.1. The quantitative estimate of drug-likeness (QED) is 0.0676. The molecule has 1 spiro atoms. The summed E-state index contributed by atoms with van der Waals surface area (Å²) in [5, 5.41) is 0. The zero-order chi connectivity index (χ0) is 92.2. The van der Waals surface area contributed by atoms with Gasteiger partial charge in [0.2, 0.25) is 0 Å². The first-order chi connectivity index (χ1) is 58.4. The lowest BCUT2D eigenvalue weighted by atomic mass is 9.64. The fourth-order valence-electron chi connectivity index (χ4n) is 23.6. The number of carbonyl (C=O) groups is 7. The van der Waals surface area contributed by atoms with E-state index >= 15 is 0 Å². The van der Waals surface area contributed by atoms with Gasteiger partial charge < -0.3 is 33.2 Å². The topological polar surface area (TPSA) is 184 Å². The Labute approximate surface area is 758 Å². The Hall–Kier alpha value is -5.53. The van der Waals surface area contributed by atoms with Gasteiger partial charge in [-0.15, -0.1) is 0 Å². The van der Waals surface area contributed by atoms with Crippen LogP contribution < -0.4 is 0 Å². The number of fused-ring (bicyclic) bond motifs is 1. The van der Waals surface area contributed by atoms with Crippen LogP contribution in [0.15, 0.2) is 85.6 Å². The summed E-state index contributed by atoms with van der Waals surface area (Å²) in [5.74, 6) is 3.20. The average Bonchev–Trinajstić information content (AvgIpc) is 1.53. The van der Waals surface area contributed by atoms with Gasteiger partial charge in [-0.2, -0.15) is 0 Å². The first-order valence-electron chi connectivity index (χ1n) is 50.6. The molecule has 0 amide bonds. The van der Waals surface area contributed by atoms with E-state index in [1.54, 1.807) is 41.5 Å². The van der Waals surface area contributed by atoms with Crippen molar-refractivity contribution in [2.75, 3.05) is 0 Å². The lowest BCUT2D eigenvalue weighted by Gasteiger charge is -2.46. The predicted octanol–water partition coefficient (Wildman–Crippen LogP) is 30.2. The molecule has 0 N–H and O–H groups in total. The first-order valence-corrected chi connectivity index (χ1v) is 50.6. The monoisotopic (exact) mass is 1730 g/mol. The van der Waals surface area contributed by atoms with Crippen LogP contribution in [0.25, 0.3) is 0 Å². The molecule has 5 atom stereocenters. The van der Waals surface area contributed by atoms with Gasteiger partial charge >= 0.3 is 41.8 Å². The van der Waals surface area contributed by atoms with Crippen LogP contribution in [-0.4, -0.2) is 81.0 Å². The van der Waals surface area contributed by atoms with Gasteiger partial charge in [0.15, 0.2) is 0 Å². The second-order valence-corrected chi connectivity index (χ2v) is 43.5. The third-order valence-electron chi connectivity index (χ3n) is 31.8. The van der Waals surface area contributed by atoms with E-state index < -0.39 is 0 Å². The molecule has 0 heterocycles. The van der Waals surface area contributed by atoms with Crippen molar-refractivity contribution in [3.63, 3.8) is 0 Å². The Morgan fingerprint density at radius 3 is 0.831 bits per heavy atom. The van der Waals surface area contributed by atoms with Gasteiger partial charge in [-0.05, 0) is 323 Å². The number of carbonyl (C=O) groups excluding carboxylic acids is 7. The van der Waals surface area contributed by atoms with Gasteiger partial charge in [-0.25, -0.2) is 33.6 Å². The van der Waals surface area contributed by atoms with Crippen molar-refractivity contribution in [1.82, 2.24) is 0 Å². The number of ether oxygens (including phenoxy) is 7. The summed E-state index contributed by atoms with van der Waals surface area (Å²) in [6.45, 7) is 60.0. The summed E-state index contributed by atoms with van der Waals surface area (Å²) >= 11 is 0. The van der Waals surface area contributed by atoms with Crippen molar-refractivity contribution in [1.29, 1.82) is 0 Å². The number of hydrogen-bond donors (Lipinski definition) is 0. The molecule has 0 aromatic carbocycles. The lowest BCUT2D eigenvalue weighted by Crippen LogP contribution is -2.48. The van der Waals surface area contributed by atoms with E-state index in [1.807, 2.05) is 20.8 Å². The SMILES string of the molecule is C=C(C)C(=O)OC(C)(C)C1CCCCC1.C=C(C)C(=O)OC(C)(C1CCCCC1)C1CCCCC1.C=C(C)C(=O)OC1(C)CCC23CC1C(C)(C)C2CCC3C.C=C(C)C(=O)OC1(C)CCCCC1.C=C(C)C(=O)OC1(C)CCCCCCCCC1.C=C(C)C(=O)OC1(C)CCCCCCCCCCC1.C=CC(=O)OC(C)(C1CCCCC1)C1CCCCC1. The van der Waals surface area contributed by atoms with Crippen molar-refractivity contribution in [3.8, 4) is 0 Å². The van der Waals surface area contributed by atoms with E-state index in [0.717, 1.165) is 56.8 Å². The third-order valence-corrected chi connectivity index (χ3v) is 31.8. The number of esters is 7. The first kappa shape index (κ1) is 109. The fraction of sp³-hybridized carbons (Fsp3) is 0.809. The minimum atomic E-state index is -0.337. The van der Waals surface area contributed by atoms with Crippen LogP contribution in [0.3, 0.4) is 0 Å². The van der Waals surface area contributed by atoms with Crippen molar-refractivity contribution in [2.45, 2.75) is 510 Å². The van der Waals surface area contributed by atoms with E-state index in [9.17, 15) is 33.6 Å². The van der Waals surface area contributed by atoms with Gasteiger partial charge in [-0.3, -0.25) is 0 Å². The van der Waals surface area contributed by atoms with Crippen molar-refractivity contribution < 1.29 is 66.7 Å². The highest BCUT2D eigenvalue weighted by Gasteiger charge is 2.69. The van der Waals surface area contributed by atoms with Gasteiger partial charge in [0.1, 0.15) is 39.2 Å². The lowest BCUT2D eigenvalue weighted by molar-refractivity contribution is -0.172. The molecule has 0 aromatic heterocycles. The van der Waals surface area contributed by atoms with E-state index in [2.05, 4.69) is 101 Å². The molecule has 11 aliphatic carbocycles. The molecule has 14 nitrogen and oxygen atoms in total. The van der Waals surface area contributed by atoms with Gasteiger partial charge in [0, 0.05) is 45.4 Å². The normalized spacial score (nSPS) is 25.8. The Balaban J connectivity index is 0.000000258. The van der Waals surface area contributed by atoms with Crippen LogP contribution in [0.2, 0.25) is 0 Å². The third kappa shape index (κ3) is 34.4. The fourth-order valence-corrected chi connectivity index (χ4v) is 23.6. The molecular formula is C110H184O14. The van der Waals surface area contributed by atoms with Crippen LogP contribution in [0.1, 0.15) is 471 Å². The highest BCUT2D eigenvalue weighted by molar-refractivity contribution is 5.89. The molecule has 0 aliphatic heterocycles. The maximum atomic E-state index is 12.1. The minimum Gasteiger partial charge on any atom is -0.456 e. The molecule has 708 valence electrons. The Kier molecular flexibility index (Phi) is 46.0. The van der Waals surface area contributed by atoms with Crippen LogP contribution >= 0.6 is 0 Å². The molecule has 11 aliphatic rings. The van der Waals surface area contributed by atoms with E-state index in [1.165, 1.54) is 314 Å². The minimum absolute atomic E-state index is 0.191. The molecule has 2 bridgehead atoms. The zero-order valence-corrected chi connectivity index (χ0v) is 82.8. The highest BCUT2D eigenvalue weighted by atomic mass is 16.6. The van der Waals surface area contributed by atoms with Crippen LogP contribution in [-0.2, 0) is 66.7 Å². The molecule has 11 fully saturated rings. The highest BCUT2D eigenvalue weighted by Crippen LogP contribution is 2.74. The molecule has 0 saturated heterocycles. The molecular weight excluding hydrogens is 1550 g/mol. The second-order valence-electron chi connectivity index (χ2n) is 43.5. The summed E-state index contributed by atoms with van der Waals surface area (Å²) in [6, 6.07) is 0. The molecule has 14 heteroatoms. The summed E-state index contributed by atoms with van der Waals surface area (Å²) in [7, 11) is 0. The van der Waals surface area contributed by atoms with Crippen LogP contribution in [0.4, 0.5) is 0 Å². The molecule has 124 heavy (non-hydrogen) atoms. The van der Waals surface area contributed by atoms with Crippen LogP contribution in [0.5, 0.6) is 0 Å². The summed E-state index contributed by atoms with van der Waals surface area (Å²) in [6.07, 6.45) is 69.2. The van der Waals surface area contributed by atoms with Crippen molar-refractivity contribution >= 4 is 41.8 Å². The van der Waals surface area contributed by atoms with E-state index in [0.29, 0.717) is 74.4 Å². The molecule has 0 aromatic rings. The Bertz CT molecular complexity index is 3340. The molecule has 0 radical (unpaired) electrons. The number of hydrogen-bond acceptors (Lipinski definition) is 14. The summed E-state index contributed by atoms with van der Waals surface area (Å²) in [5.41, 5.74) is 1.87. The standard InChI is InChI=1S/C19H30O2.C18H30O2.C17H28O2.C17H30O2.C15H26O2.C13H22O2.C11H18O2/c1-12(2)16(20)21-18(6)9-10-19-11-15(18)17(4,5)14(19)8-7-13(19)3;1-14(2)17(19)20-18(3,15-10-6-4-7-11-15)16-12-8-5-9-13-16;1-3-16(18)19-17(2,14-10-6-4-7-11-14)15-12-8-5-9-13-15;1-15(2)16(18)19-17(3)13-11-9-7-5-4-6-8-10-12-14-17;1-13(2)14(16)17-15(3)11-9-7-5-4-6-8-10-12-15;1-10(2)12(14)15-13(3,4)11-8-6-5-7-9-11;1-9(2)10(12)13-11(3)7-5-4-6-8-11/h13-15H,1,7-11H2,2-6H3;15-16H,1,4-13H2,2-3H3;3,14-15H,1,4-13H2,2H3;1,4-14H2,2-3H3;1,4-12H2,2-3H3;11H,1,5-9H2,2-4H3;1,4-8H2,2-3H3. The number of rotatable bonds is 19. The Morgan fingerprint density at radius 1 is 0.290 bits per heavy atom. The molecule has 5 unspecified atom stereocenters. The largest absolute Gasteiger partial charge is 0.456 e.